The molecular formula is C23H19F3N6. The summed E-state index contributed by atoms with van der Waals surface area (Å²) >= 11 is 0. The van der Waals surface area contributed by atoms with Crippen LogP contribution in [0.25, 0.3) is 0 Å². The smallest absolute Gasteiger partial charge is 0.393 e. The van der Waals surface area contributed by atoms with Gasteiger partial charge in [-0.15, -0.1) is 0 Å². The Hall–Kier alpha value is -4.27. The number of rotatable bonds is 6. The predicted octanol–water partition coefficient (Wildman–Crippen LogP) is 5.99. The van der Waals surface area contributed by atoms with E-state index < -0.39 is 11.7 Å². The summed E-state index contributed by atoms with van der Waals surface area (Å²) in [5, 5.41) is 4.64. The fourth-order valence-electron chi connectivity index (χ4n) is 3.03. The second-order valence-corrected chi connectivity index (χ2v) is 6.81. The van der Waals surface area contributed by atoms with Crippen LogP contribution in [0.5, 0.6) is 0 Å². The zero-order valence-corrected chi connectivity index (χ0v) is 16.7. The second kappa shape index (κ2) is 8.84. The first-order valence-corrected chi connectivity index (χ1v) is 9.63. The Morgan fingerprint density at radius 1 is 0.750 bits per heavy atom. The van der Waals surface area contributed by atoms with Crippen LogP contribution >= 0.6 is 0 Å². The normalized spacial score (nSPS) is 11.1. The van der Waals surface area contributed by atoms with Crippen LogP contribution in [0.2, 0.25) is 0 Å². The Balaban J connectivity index is 1.64. The molecule has 1 aromatic heterocycles. The van der Waals surface area contributed by atoms with Gasteiger partial charge in [-0.05, 0) is 42.5 Å². The lowest BCUT2D eigenvalue weighted by Crippen LogP contribution is -2.26. The van der Waals surface area contributed by atoms with Crippen LogP contribution in [-0.4, -0.2) is 9.97 Å². The van der Waals surface area contributed by atoms with Crippen molar-refractivity contribution in [1.82, 2.24) is 9.97 Å². The van der Waals surface area contributed by atoms with Gasteiger partial charge in [-0.1, -0.05) is 42.5 Å². The molecule has 0 spiro atoms. The summed E-state index contributed by atoms with van der Waals surface area (Å²) in [6.45, 7) is 0. The number of anilines is 6. The van der Waals surface area contributed by atoms with Gasteiger partial charge < -0.3 is 11.1 Å². The third kappa shape index (κ3) is 4.72. The van der Waals surface area contributed by atoms with Gasteiger partial charge in [0, 0.05) is 5.69 Å². The van der Waals surface area contributed by atoms with Gasteiger partial charge >= 0.3 is 6.18 Å². The molecule has 0 radical (unpaired) electrons. The maximum Gasteiger partial charge on any atom is 0.416 e. The SMILES string of the molecule is Nc1c(Nc2cccc(C(F)(F)F)c2)ncnc1NN(c1ccccc1)c1ccccc1. The number of alkyl halides is 3. The molecule has 0 atom stereocenters. The average molecular weight is 436 g/mol. The molecule has 32 heavy (non-hydrogen) atoms. The number of benzene rings is 3. The monoisotopic (exact) mass is 436 g/mol. The Kier molecular flexibility index (Phi) is 5.80. The molecule has 0 aliphatic rings. The van der Waals surface area contributed by atoms with Gasteiger partial charge in [-0.3, -0.25) is 10.4 Å². The van der Waals surface area contributed by atoms with E-state index in [1.165, 1.54) is 18.5 Å². The predicted molar refractivity (Wildman–Crippen MR) is 120 cm³/mol. The molecule has 0 aliphatic carbocycles. The van der Waals surface area contributed by atoms with Gasteiger partial charge in [0.25, 0.3) is 0 Å². The Morgan fingerprint density at radius 2 is 1.34 bits per heavy atom. The first-order valence-electron chi connectivity index (χ1n) is 9.63. The molecule has 0 saturated heterocycles. The van der Waals surface area contributed by atoms with E-state index in [2.05, 4.69) is 20.7 Å². The lowest BCUT2D eigenvalue weighted by Gasteiger charge is -2.26. The van der Waals surface area contributed by atoms with Crippen LogP contribution in [0, 0.1) is 0 Å². The number of nitrogens with two attached hydrogens (primary N) is 1. The van der Waals surface area contributed by atoms with Crippen molar-refractivity contribution >= 4 is 34.4 Å². The number of para-hydroxylation sites is 2. The number of hydrogen-bond acceptors (Lipinski definition) is 6. The zero-order chi connectivity index (χ0) is 22.6. The summed E-state index contributed by atoms with van der Waals surface area (Å²) < 4.78 is 39.1. The molecule has 4 rings (SSSR count). The molecule has 0 fully saturated rings. The van der Waals surface area contributed by atoms with Gasteiger partial charge in [-0.2, -0.15) is 13.2 Å². The minimum absolute atomic E-state index is 0.154. The van der Waals surface area contributed by atoms with Crippen molar-refractivity contribution < 1.29 is 13.2 Å². The number of aromatic nitrogens is 2. The van der Waals surface area contributed by atoms with Crippen LogP contribution in [0.15, 0.2) is 91.3 Å². The molecule has 6 nitrogen and oxygen atoms in total. The van der Waals surface area contributed by atoms with Crippen molar-refractivity contribution in [2.24, 2.45) is 0 Å². The molecule has 0 saturated carbocycles. The lowest BCUT2D eigenvalue weighted by molar-refractivity contribution is -0.137. The zero-order valence-electron chi connectivity index (χ0n) is 16.7. The lowest BCUT2D eigenvalue weighted by atomic mass is 10.2. The van der Waals surface area contributed by atoms with E-state index in [9.17, 15) is 13.2 Å². The van der Waals surface area contributed by atoms with E-state index >= 15 is 0 Å². The molecule has 1 heterocycles. The van der Waals surface area contributed by atoms with Gasteiger partial charge in [0.05, 0.1) is 16.9 Å². The van der Waals surface area contributed by atoms with E-state index in [1.807, 2.05) is 60.7 Å². The molecule has 9 heteroatoms. The number of halogens is 3. The maximum absolute atomic E-state index is 13.0. The molecular weight excluding hydrogens is 417 g/mol. The summed E-state index contributed by atoms with van der Waals surface area (Å²) in [5.41, 5.74) is 10.7. The van der Waals surface area contributed by atoms with Crippen LogP contribution in [0.3, 0.4) is 0 Å². The molecule has 0 aliphatic heterocycles. The number of nitrogen functional groups attached to an aromatic ring is 1. The quantitative estimate of drug-likeness (QED) is 0.323. The molecule has 0 bridgehead atoms. The third-order valence-electron chi connectivity index (χ3n) is 4.58. The minimum Gasteiger partial charge on any atom is -0.393 e. The van der Waals surface area contributed by atoms with Gasteiger partial charge in [0.2, 0.25) is 0 Å². The van der Waals surface area contributed by atoms with Crippen molar-refractivity contribution in [3.05, 3.63) is 96.8 Å². The first kappa shape index (κ1) is 21.0. The van der Waals surface area contributed by atoms with Crippen molar-refractivity contribution in [3.63, 3.8) is 0 Å². The average Bonchev–Trinajstić information content (AvgIpc) is 2.80. The number of hydrazine groups is 1. The molecule has 0 unspecified atom stereocenters. The van der Waals surface area contributed by atoms with Crippen LogP contribution in [-0.2, 0) is 6.18 Å². The van der Waals surface area contributed by atoms with Crippen LogP contribution < -0.4 is 21.5 Å². The standard InChI is InChI=1S/C23H19F3N6/c24-23(25,26)16-8-7-9-17(14-16)30-21-20(27)22(29-15-28-21)31-32(18-10-3-1-4-11-18)19-12-5-2-6-13-19/h1-15H,27H2,(H2,28,29,30,31). The van der Waals surface area contributed by atoms with Crippen LogP contribution in [0.1, 0.15) is 5.56 Å². The molecule has 4 N–H and O–H groups in total. The van der Waals surface area contributed by atoms with Gasteiger partial charge in [0.1, 0.15) is 12.0 Å². The van der Waals surface area contributed by atoms with Crippen molar-refractivity contribution in [2.75, 3.05) is 21.5 Å². The molecule has 0 amide bonds. The van der Waals surface area contributed by atoms with Crippen molar-refractivity contribution in [2.45, 2.75) is 6.18 Å². The van der Waals surface area contributed by atoms with Gasteiger partial charge in [0.15, 0.2) is 11.6 Å². The summed E-state index contributed by atoms with van der Waals surface area (Å²) in [6, 6.07) is 23.9. The van der Waals surface area contributed by atoms with Gasteiger partial charge in [-0.25, -0.2) is 9.97 Å². The van der Waals surface area contributed by atoms with E-state index in [-0.39, 0.29) is 17.2 Å². The van der Waals surface area contributed by atoms with Crippen molar-refractivity contribution in [1.29, 1.82) is 0 Å². The third-order valence-corrected chi connectivity index (χ3v) is 4.58. The molecule has 4 aromatic rings. The largest absolute Gasteiger partial charge is 0.416 e. The fourth-order valence-corrected chi connectivity index (χ4v) is 3.03. The highest BCUT2D eigenvalue weighted by Gasteiger charge is 2.30. The number of nitrogens with one attached hydrogen (secondary N) is 2. The summed E-state index contributed by atoms with van der Waals surface area (Å²) in [5.74, 6) is 0.477. The topological polar surface area (TPSA) is 79.1 Å². The van der Waals surface area contributed by atoms with E-state index in [4.69, 9.17) is 5.73 Å². The second-order valence-electron chi connectivity index (χ2n) is 6.81. The number of nitrogens with zero attached hydrogens (tertiary/aromatic N) is 3. The Bertz CT molecular complexity index is 1140. The van der Waals surface area contributed by atoms with E-state index in [0.29, 0.717) is 5.82 Å². The summed E-state index contributed by atoms with van der Waals surface area (Å²) in [4.78, 5) is 8.31. The summed E-state index contributed by atoms with van der Waals surface area (Å²) in [6.07, 6.45) is -3.17. The minimum atomic E-state index is -4.45. The molecule has 162 valence electrons. The first-order chi connectivity index (χ1) is 15.4. The summed E-state index contributed by atoms with van der Waals surface area (Å²) in [7, 11) is 0. The highest BCUT2D eigenvalue weighted by Crippen LogP contribution is 2.33. The Morgan fingerprint density at radius 3 is 1.94 bits per heavy atom. The van der Waals surface area contributed by atoms with Crippen LogP contribution in [0.4, 0.5) is 47.6 Å². The number of hydrogen-bond donors (Lipinski definition) is 3. The Labute approximate surface area is 182 Å². The molecule has 3 aromatic carbocycles. The highest BCUT2D eigenvalue weighted by molar-refractivity contribution is 5.80. The van der Waals surface area contributed by atoms with E-state index in [1.54, 1.807) is 5.01 Å². The fraction of sp³-hybridized carbons (Fsp3) is 0.0435. The highest BCUT2D eigenvalue weighted by atomic mass is 19.4. The van der Waals surface area contributed by atoms with Crippen molar-refractivity contribution in [3.8, 4) is 0 Å². The maximum atomic E-state index is 13.0. The van der Waals surface area contributed by atoms with E-state index in [0.717, 1.165) is 23.5 Å².